The largest absolute Gasteiger partial charge is 0.492 e. The highest BCUT2D eigenvalue weighted by Crippen LogP contribution is 2.28. The van der Waals surface area contributed by atoms with Crippen molar-refractivity contribution in [1.29, 1.82) is 0 Å². The Hall–Kier alpha value is -3.33. The SMILES string of the molecule is CC(C)(C)OC(=O)N(CCOc1cc(Cl)cc(C(=O)N(CCC(N)=O)C2CCCC2)c1)c1ccncc1. The Kier molecular flexibility index (Phi) is 9.74. The molecule has 1 aromatic carbocycles. The number of amides is 3. The molecule has 0 spiro atoms. The van der Waals surface area contributed by atoms with E-state index in [9.17, 15) is 14.4 Å². The first-order valence-electron chi connectivity index (χ1n) is 12.5. The molecule has 3 amide bonds. The van der Waals surface area contributed by atoms with E-state index in [1.54, 1.807) is 68.4 Å². The van der Waals surface area contributed by atoms with E-state index in [0.29, 0.717) is 22.0 Å². The number of aromatic nitrogens is 1. The normalized spacial score (nSPS) is 13.7. The molecule has 10 heteroatoms. The van der Waals surface area contributed by atoms with Crippen molar-refractivity contribution in [3.8, 4) is 5.75 Å². The lowest BCUT2D eigenvalue weighted by molar-refractivity contribution is -0.118. The number of benzene rings is 1. The number of nitrogens with two attached hydrogens (primary N) is 1. The van der Waals surface area contributed by atoms with Gasteiger partial charge in [-0.25, -0.2) is 4.79 Å². The molecule has 1 saturated carbocycles. The summed E-state index contributed by atoms with van der Waals surface area (Å²) >= 11 is 6.33. The lowest BCUT2D eigenvalue weighted by Crippen LogP contribution is -2.40. The quantitative estimate of drug-likeness (QED) is 0.471. The zero-order chi connectivity index (χ0) is 27.0. The van der Waals surface area contributed by atoms with E-state index in [1.165, 1.54) is 4.90 Å². The number of ether oxygens (including phenoxy) is 2. The summed E-state index contributed by atoms with van der Waals surface area (Å²) in [5.41, 5.74) is 5.68. The molecule has 0 unspecified atom stereocenters. The Balaban J connectivity index is 1.73. The van der Waals surface area contributed by atoms with Crippen molar-refractivity contribution in [2.75, 3.05) is 24.6 Å². The zero-order valence-electron chi connectivity index (χ0n) is 21.6. The average Bonchev–Trinajstić information content (AvgIpc) is 3.35. The second kappa shape index (κ2) is 12.8. The van der Waals surface area contributed by atoms with Gasteiger partial charge in [-0.3, -0.25) is 19.5 Å². The highest BCUT2D eigenvalue weighted by molar-refractivity contribution is 6.31. The van der Waals surface area contributed by atoms with Crippen LogP contribution in [-0.4, -0.2) is 59.1 Å². The number of carbonyl (C=O) groups excluding carboxylic acids is 3. The molecular formula is C27H35ClN4O5. The summed E-state index contributed by atoms with van der Waals surface area (Å²) < 4.78 is 11.5. The topological polar surface area (TPSA) is 115 Å². The first-order valence-corrected chi connectivity index (χ1v) is 12.8. The fourth-order valence-electron chi connectivity index (χ4n) is 4.25. The number of hydrogen-bond donors (Lipinski definition) is 1. The predicted molar refractivity (Wildman–Crippen MR) is 142 cm³/mol. The lowest BCUT2D eigenvalue weighted by atomic mass is 10.1. The maximum atomic E-state index is 13.4. The van der Waals surface area contributed by atoms with Crippen molar-refractivity contribution in [2.24, 2.45) is 5.73 Å². The van der Waals surface area contributed by atoms with Crippen molar-refractivity contribution in [1.82, 2.24) is 9.88 Å². The molecule has 2 N–H and O–H groups in total. The fourth-order valence-corrected chi connectivity index (χ4v) is 4.48. The zero-order valence-corrected chi connectivity index (χ0v) is 22.4. The van der Waals surface area contributed by atoms with Crippen LogP contribution >= 0.6 is 11.6 Å². The fraction of sp³-hybridized carbons (Fsp3) is 0.481. The predicted octanol–water partition coefficient (Wildman–Crippen LogP) is 4.82. The molecule has 0 aliphatic heterocycles. The first kappa shape index (κ1) is 28.2. The van der Waals surface area contributed by atoms with Crippen LogP contribution in [0.1, 0.15) is 63.2 Å². The van der Waals surface area contributed by atoms with E-state index in [-0.39, 0.29) is 38.1 Å². The van der Waals surface area contributed by atoms with E-state index < -0.39 is 17.6 Å². The van der Waals surface area contributed by atoms with Gasteiger partial charge in [-0.15, -0.1) is 0 Å². The molecule has 0 radical (unpaired) electrons. The van der Waals surface area contributed by atoms with E-state index in [0.717, 1.165) is 25.7 Å². The monoisotopic (exact) mass is 530 g/mol. The Morgan fingerprint density at radius 2 is 1.76 bits per heavy atom. The standard InChI is InChI=1S/C27H35ClN4O5/c1-27(2,3)37-26(35)32(22-8-11-30-12-9-22)14-15-36-23-17-19(16-20(28)18-23)25(34)31(13-10-24(29)33)21-6-4-5-7-21/h8-9,11-12,16-18,21H,4-7,10,13-15H2,1-3H3,(H2,29,33). The number of rotatable bonds is 10. The minimum atomic E-state index is -0.662. The summed E-state index contributed by atoms with van der Waals surface area (Å²) in [5, 5.41) is 0.347. The molecule has 3 rings (SSSR count). The number of nitrogens with zero attached hydrogens (tertiary/aromatic N) is 3. The molecule has 9 nitrogen and oxygen atoms in total. The highest BCUT2D eigenvalue weighted by atomic mass is 35.5. The van der Waals surface area contributed by atoms with Crippen LogP contribution < -0.4 is 15.4 Å². The summed E-state index contributed by atoms with van der Waals surface area (Å²) in [7, 11) is 0. The lowest BCUT2D eigenvalue weighted by Gasteiger charge is -2.29. The smallest absolute Gasteiger partial charge is 0.414 e. The average molecular weight is 531 g/mol. The van der Waals surface area contributed by atoms with Gasteiger partial charge < -0.3 is 20.1 Å². The minimum Gasteiger partial charge on any atom is -0.492 e. The highest BCUT2D eigenvalue weighted by Gasteiger charge is 2.28. The van der Waals surface area contributed by atoms with Crippen molar-refractivity contribution in [3.63, 3.8) is 0 Å². The molecule has 1 aromatic heterocycles. The van der Waals surface area contributed by atoms with Crippen LogP contribution in [-0.2, 0) is 9.53 Å². The molecular weight excluding hydrogens is 496 g/mol. The van der Waals surface area contributed by atoms with E-state index in [1.807, 2.05) is 0 Å². The summed E-state index contributed by atoms with van der Waals surface area (Å²) in [6.07, 6.45) is 6.65. The molecule has 0 atom stereocenters. The Labute approximate surface area is 222 Å². The molecule has 2 aromatic rings. The number of halogens is 1. The number of anilines is 1. The third-order valence-corrected chi connectivity index (χ3v) is 6.13. The molecule has 0 bridgehead atoms. The van der Waals surface area contributed by atoms with Gasteiger partial charge in [0.05, 0.1) is 12.2 Å². The summed E-state index contributed by atoms with van der Waals surface area (Å²) in [6.45, 7) is 5.99. The molecule has 1 aliphatic carbocycles. The van der Waals surface area contributed by atoms with Crippen LogP contribution in [0.3, 0.4) is 0 Å². The maximum absolute atomic E-state index is 13.4. The van der Waals surface area contributed by atoms with Gasteiger partial charge in [0, 0.05) is 42.0 Å². The Morgan fingerprint density at radius 1 is 1.08 bits per heavy atom. The van der Waals surface area contributed by atoms with Crippen LogP contribution in [0.25, 0.3) is 0 Å². The van der Waals surface area contributed by atoms with Crippen molar-refractivity contribution < 1.29 is 23.9 Å². The summed E-state index contributed by atoms with van der Waals surface area (Å²) in [4.78, 5) is 44.8. The van der Waals surface area contributed by atoms with E-state index in [2.05, 4.69) is 4.98 Å². The minimum absolute atomic E-state index is 0.0675. The third-order valence-electron chi connectivity index (χ3n) is 5.92. The van der Waals surface area contributed by atoms with Gasteiger partial charge >= 0.3 is 6.09 Å². The molecule has 1 fully saturated rings. The van der Waals surface area contributed by atoms with Crippen LogP contribution in [0.5, 0.6) is 5.75 Å². The number of pyridine rings is 1. The molecule has 37 heavy (non-hydrogen) atoms. The van der Waals surface area contributed by atoms with Gasteiger partial charge in [-0.05, 0) is 63.9 Å². The van der Waals surface area contributed by atoms with Crippen molar-refractivity contribution >= 4 is 35.2 Å². The number of primary amides is 1. The summed E-state index contributed by atoms with van der Waals surface area (Å²) in [5.74, 6) is -0.265. The molecule has 1 heterocycles. The molecule has 0 saturated heterocycles. The molecule has 1 aliphatic rings. The van der Waals surface area contributed by atoms with Gasteiger partial charge in [0.1, 0.15) is 18.0 Å². The summed E-state index contributed by atoms with van der Waals surface area (Å²) in [6, 6.07) is 8.33. The van der Waals surface area contributed by atoms with Crippen LogP contribution in [0.15, 0.2) is 42.7 Å². The van der Waals surface area contributed by atoms with Crippen LogP contribution in [0.2, 0.25) is 5.02 Å². The van der Waals surface area contributed by atoms with E-state index in [4.69, 9.17) is 26.8 Å². The molecule has 200 valence electrons. The van der Waals surface area contributed by atoms with Crippen LogP contribution in [0, 0.1) is 0 Å². The van der Waals surface area contributed by atoms with Gasteiger partial charge in [0.15, 0.2) is 0 Å². The Morgan fingerprint density at radius 3 is 2.38 bits per heavy atom. The van der Waals surface area contributed by atoms with E-state index >= 15 is 0 Å². The van der Waals surface area contributed by atoms with Gasteiger partial charge in [-0.1, -0.05) is 24.4 Å². The third kappa shape index (κ3) is 8.63. The first-order chi connectivity index (χ1) is 17.5. The number of carbonyl (C=O) groups is 3. The van der Waals surface area contributed by atoms with Crippen LogP contribution in [0.4, 0.5) is 10.5 Å². The second-order valence-electron chi connectivity index (χ2n) is 10.0. The van der Waals surface area contributed by atoms with Crippen molar-refractivity contribution in [3.05, 3.63) is 53.3 Å². The maximum Gasteiger partial charge on any atom is 0.414 e. The Bertz CT molecular complexity index is 1080. The van der Waals surface area contributed by atoms with Gasteiger partial charge in [0.25, 0.3) is 5.91 Å². The van der Waals surface area contributed by atoms with Gasteiger partial charge in [-0.2, -0.15) is 0 Å². The number of hydrogen-bond acceptors (Lipinski definition) is 6. The second-order valence-corrected chi connectivity index (χ2v) is 10.5. The van der Waals surface area contributed by atoms with Crippen molar-refractivity contribution in [2.45, 2.75) is 64.5 Å². The van der Waals surface area contributed by atoms with Gasteiger partial charge in [0.2, 0.25) is 5.91 Å².